The van der Waals surface area contributed by atoms with Crippen molar-refractivity contribution in [3.63, 3.8) is 0 Å². The van der Waals surface area contributed by atoms with E-state index in [9.17, 15) is 4.79 Å². The number of carbonyl (C=O) groups excluding carboxylic acids is 1. The summed E-state index contributed by atoms with van der Waals surface area (Å²) in [5, 5.41) is 0.218. The van der Waals surface area contributed by atoms with E-state index in [-0.39, 0.29) is 10.9 Å². The lowest BCUT2D eigenvalue weighted by molar-refractivity contribution is 0.0733. The number of benzene rings is 3. The first kappa shape index (κ1) is 32.7. The number of ether oxygens (including phenoxy) is 4. The standard InChI is InChI=1S/C37H40ClN3O5/c1-24(2)17-19-40(37(42)29-14-16-33(45-5)36(46-6)35(29)38)23-30-31(41-18-8-7-12-34(41)39-30)22-27-20-26(13-15-32(27)44-4)25-10-9-11-28(21-25)43-3/h7-16,18,20-21,24H,17,19,22-23H2,1-6H3. The Morgan fingerprint density at radius 2 is 1.63 bits per heavy atom. The van der Waals surface area contributed by atoms with Crippen molar-refractivity contribution in [2.45, 2.75) is 33.2 Å². The maximum absolute atomic E-state index is 14.2. The first-order chi connectivity index (χ1) is 22.3. The number of hydrogen-bond donors (Lipinski definition) is 0. The van der Waals surface area contributed by atoms with Crippen LogP contribution in [0.4, 0.5) is 0 Å². The second-order valence-electron chi connectivity index (χ2n) is 11.4. The molecular formula is C37H40ClN3O5. The fourth-order valence-corrected chi connectivity index (χ4v) is 5.87. The van der Waals surface area contributed by atoms with Crippen LogP contribution >= 0.6 is 11.6 Å². The Bertz CT molecular complexity index is 1830. The molecule has 2 aromatic heterocycles. The minimum atomic E-state index is -0.202. The molecule has 0 saturated heterocycles. The van der Waals surface area contributed by atoms with Crippen LogP contribution in [0.15, 0.2) is 79.0 Å². The molecule has 0 spiro atoms. The van der Waals surface area contributed by atoms with Crippen LogP contribution in [0.1, 0.15) is 47.6 Å². The van der Waals surface area contributed by atoms with E-state index in [4.69, 9.17) is 35.5 Å². The molecule has 0 N–H and O–H groups in total. The Kier molecular flexibility index (Phi) is 10.4. The molecule has 2 heterocycles. The highest BCUT2D eigenvalue weighted by Crippen LogP contribution is 2.38. The van der Waals surface area contributed by atoms with E-state index in [1.807, 2.05) is 59.6 Å². The summed E-state index contributed by atoms with van der Waals surface area (Å²) in [6.07, 6.45) is 3.35. The average molecular weight is 642 g/mol. The molecule has 0 saturated carbocycles. The summed E-state index contributed by atoms with van der Waals surface area (Å²) >= 11 is 6.72. The van der Waals surface area contributed by atoms with Gasteiger partial charge in [0.2, 0.25) is 0 Å². The number of halogens is 1. The maximum atomic E-state index is 14.2. The van der Waals surface area contributed by atoms with Crippen LogP contribution in [-0.2, 0) is 13.0 Å². The van der Waals surface area contributed by atoms with Crippen LogP contribution in [0, 0.1) is 5.92 Å². The molecule has 0 bridgehead atoms. The second kappa shape index (κ2) is 14.6. The molecule has 3 aromatic carbocycles. The summed E-state index contributed by atoms with van der Waals surface area (Å²) in [5.41, 5.74) is 6.00. The van der Waals surface area contributed by atoms with Crippen molar-refractivity contribution in [2.75, 3.05) is 35.0 Å². The van der Waals surface area contributed by atoms with Gasteiger partial charge in [0.25, 0.3) is 5.91 Å². The maximum Gasteiger partial charge on any atom is 0.255 e. The smallest absolute Gasteiger partial charge is 0.255 e. The number of aromatic nitrogens is 2. The highest BCUT2D eigenvalue weighted by molar-refractivity contribution is 6.35. The zero-order valence-corrected chi connectivity index (χ0v) is 27.9. The number of methoxy groups -OCH3 is 4. The van der Waals surface area contributed by atoms with Gasteiger partial charge in [-0.1, -0.05) is 49.7 Å². The molecule has 0 unspecified atom stereocenters. The molecule has 5 aromatic rings. The molecule has 9 heteroatoms. The molecule has 0 aliphatic rings. The van der Waals surface area contributed by atoms with Crippen LogP contribution in [0.2, 0.25) is 5.02 Å². The molecule has 5 rings (SSSR count). The predicted octanol–water partition coefficient (Wildman–Crippen LogP) is 7.97. The summed E-state index contributed by atoms with van der Waals surface area (Å²) in [4.78, 5) is 21.0. The zero-order valence-electron chi connectivity index (χ0n) is 27.2. The van der Waals surface area contributed by atoms with Crippen molar-refractivity contribution in [3.05, 3.63) is 107 Å². The largest absolute Gasteiger partial charge is 0.497 e. The number of hydrogen-bond acceptors (Lipinski definition) is 6. The fourth-order valence-electron chi connectivity index (χ4n) is 5.56. The third-order valence-corrected chi connectivity index (χ3v) is 8.45. The highest BCUT2D eigenvalue weighted by Gasteiger charge is 2.26. The van der Waals surface area contributed by atoms with Gasteiger partial charge in [-0.2, -0.15) is 0 Å². The summed E-state index contributed by atoms with van der Waals surface area (Å²) < 4.78 is 24.3. The average Bonchev–Trinajstić information content (AvgIpc) is 3.42. The van der Waals surface area contributed by atoms with Gasteiger partial charge in [0.15, 0.2) is 11.5 Å². The first-order valence-corrected chi connectivity index (χ1v) is 15.6. The third kappa shape index (κ3) is 6.92. The van der Waals surface area contributed by atoms with Gasteiger partial charge in [0.1, 0.15) is 17.1 Å². The van der Waals surface area contributed by atoms with Gasteiger partial charge in [-0.05, 0) is 72.0 Å². The van der Waals surface area contributed by atoms with Crippen LogP contribution in [0.5, 0.6) is 23.0 Å². The quantitative estimate of drug-likeness (QED) is 0.130. The van der Waals surface area contributed by atoms with Crippen molar-refractivity contribution >= 4 is 23.2 Å². The number of nitrogens with zero attached hydrogens (tertiary/aromatic N) is 3. The number of amides is 1. The molecule has 240 valence electrons. The molecule has 1 amide bonds. The van der Waals surface area contributed by atoms with E-state index in [1.54, 1.807) is 26.4 Å². The lowest BCUT2D eigenvalue weighted by Gasteiger charge is -2.25. The van der Waals surface area contributed by atoms with Gasteiger partial charge < -0.3 is 28.2 Å². The lowest BCUT2D eigenvalue weighted by Crippen LogP contribution is -2.33. The number of pyridine rings is 1. The molecule has 8 nitrogen and oxygen atoms in total. The van der Waals surface area contributed by atoms with E-state index in [1.165, 1.54) is 14.2 Å². The third-order valence-electron chi connectivity index (χ3n) is 8.07. The van der Waals surface area contributed by atoms with Crippen molar-refractivity contribution in [2.24, 2.45) is 5.92 Å². The van der Waals surface area contributed by atoms with Gasteiger partial charge in [-0.15, -0.1) is 0 Å². The number of imidazole rings is 1. The lowest BCUT2D eigenvalue weighted by atomic mass is 9.99. The van der Waals surface area contributed by atoms with Gasteiger partial charge in [-0.3, -0.25) is 4.79 Å². The Morgan fingerprint density at radius 1 is 0.870 bits per heavy atom. The molecule has 0 fully saturated rings. The number of carbonyl (C=O) groups is 1. The van der Waals surface area contributed by atoms with E-state index in [0.29, 0.717) is 42.5 Å². The summed E-state index contributed by atoms with van der Waals surface area (Å²) in [7, 11) is 6.39. The van der Waals surface area contributed by atoms with Crippen LogP contribution < -0.4 is 18.9 Å². The van der Waals surface area contributed by atoms with Gasteiger partial charge >= 0.3 is 0 Å². The first-order valence-electron chi connectivity index (χ1n) is 15.2. The van der Waals surface area contributed by atoms with Gasteiger partial charge in [0, 0.05) is 24.7 Å². The highest BCUT2D eigenvalue weighted by atomic mass is 35.5. The van der Waals surface area contributed by atoms with Gasteiger partial charge in [-0.25, -0.2) is 4.98 Å². The Balaban J connectivity index is 1.56. The monoisotopic (exact) mass is 641 g/mol. The van der Waals surface area contributed by atoms with Crippen molar-refractivity contribution in [3.8, 4) is 34.1 Å². The predicted molar refractivity (Wildman–Crippen MR) is 182 cm³/mol. The van der Waals surface area contributed by atoms with Crippen LogP contribution in [0.3, 0.4) is 0 Å². The summed E-state index contributed by atoms with van der Waals surface area (Å²) in [5.74, 6) is 2.54. The number of rotatable bonds is 13. The van der Waals surface area contributed by atoms with E-state index in [2.05, 4.69) is 30.4 Å². The minimum Gasteiger partial charge on any atom is -0.497 e. The molecule has 46 heavy (non-hydrogen) atoms. The Morgan fingerprint density at radius 3 is 2.35 bits per heavy atom. The Labute approximate surface area is 275 Å². The van der Waals surface area contributed by atoms with Crippen molar-refractivity contribution in [1.82, 2.24) is 14.3 Å². The van der Waals surface area contributed by atoms with Crippen molar-refractivity contribution in [1.29, 1.82) is 0 Å². The van der Waals surface area contributed by atoms with Crippen LogP contribution in [0.25, 0.3) is 16.8 Å². The normalized spacial score (nSPS) is 11.1. The van der Waals surface area contributed by atoms with Crippen LogP contribution in [-0.4, -0.2) is 55.2 Å². The summed E-state index contributed by atoms with van der Waals surface area (Å²) in [6, 6.07) is 23.5. The molecule has 0 radical (unpaired) electrons. The van der Waals surface area contributed by atoms with Crippen molar-refractivity contribution < 1.29 is 23.7 Å². The zero-order chi connectivity index (χ0) is 32.8. The minimum absolute atomic E-state index is 0.202. The van der Waals surface area contributed by atoms with Gasteiger partial charge in [0.05, 0.1) is 57.0 Å². The molecule has 0 aliphatic heterocycles. The molecular weight excluding hydrogens is 602 g/mol. The Hall–Kier alpha value is -4.69. The SMILES string of the molecule is COc1cccc(-c2ccc(OC)c(Cc3c(CN(CCC(C)C)C(=O)c4ccc(OC)c(OC)c4Cl)nc4ccccn34)c2)c1. The molecule has 0 aliphatic carbocycles. The summed E-state index contributed by atoms with van der Waals surface area (Å²) in [6.45, 7) is 5.11. The van der Waals surface area contributed by atoms with E-state index < -0.39 is 0 Å². The topological polar surface area (TPSA) is 74.5 Å². The van der Waals surface area contributed by atoms with E-state index in [0.717, 1.165) is 51.6 Å². The van der Waals surface area contributed by atoms with E-state index >= 15 is 0 Å². The molecule has 0 atom stereocenters. The number of fused-ring (bicyclic) bond motifs is 1. The second-order valence-corrected chi connectivity index (χ2v) is 11.8. The fraction of sp³-hybridized carbons (Fsp3) is 0.297.